The predicted octanol–water partition coefficient (Wildman–Crippen LogP) is 3.22. The summed E-state index contributed by atoms with van der Waals surface area (Å²) in [6, 6.07) is 10.8. The Hall–Kier alpha value is -2.18. The molecule has 2 aromatic rings. The van der Waals surface area contributed by atoms with Gasteiger partial charge in [0.15, 0.2) is 0 Å². The van der Waals surface area contributed by atoms with Crippen LogP contribution in [0.1, 0.15) is 36.9 Å². The van der Waals surface area contributed by atoms with Crippen molar-refractivity contribution in [1.82, 2.24) is 4.98 Å². The van der Waals surface area contributed by atoms with E-state index in [1.807, 2.05) is 24.3 Å². The summed E-state index contributed by atoms with van der Waals surface area (Å²) in [4.78, 5) is 4.70. The Morgan fingerprint density at radius 3 is 2.24 bits per heavy atom. The number of aromatic nitrogens is 1. The van der Waals surface area contributed by atoms with Crippen molar-refractivity contribution in [3.05, 3.63) is 53.9 Å². The van der Waals surface area contributed by atoms with E-state index in [2.05, 4.69) is 4.98 Å². The van der Waals surface area contributed by atoms with Gasteiger partial charge in [0, 0.05) is 0 Å². The van der Waals surface area contributed by atoms with Gasteiger partial charge in [-0.3, -0.25) is 4.98 Å². The van der Waals surface area contributed by atoms with E-state index in [0.29, 0.717) is 5.41 Å². The van der Waals surface area contributed by atoms with Crippen molar-refractivity contribution in [2.75, 3.05) is 7.11 Å². The van der Waals surface area contributed by atoms with E-state index in [1.165, 1.54) is 24.0 Å². The van der Waals surface area contributed by atoms with Gasteiger partial charge in [0.2, 0.25) is 10.0 Å². The summed E-state index contributed by atoms with van der Waals surface area (Å²) >= 11 is 0. The molecule has 1 aromatic carbocycles. The van der Waals surface area contributed by atoms with Gasteiger partial charge in [0.25, 0.3) is 0 Å². The zero-order valence-corrected chi connectivity index (χ0v) is 14.8. The molecule has 0 bridgehead atoms. The normalized spacial score (nSPS) is 18.6. The predicted molar refractivity (Wildman–Crippen MR) is 96.3 cm³/mol. The van der Waals surface area contributed by atoms with Crippen molar-refractivity contribution in [2.45, 2.75) is 30.6 Å². The fourth-order valence-corrected chi connectivity index (χ4v) is 4.12. The highest BCUT2D eigenvalue weighted by molar-refractivity contribution is 7.89. The summed E-state index contributed by atoms with van der Waals surface area (Å²) in [5.74, 6) is 0.738. The molecule has 1 heterocycles. The molecule has 0 unspecified atom stereocenters. The molecule has 5 nitrogen and oxygen atoms in total. The first kappa shape index (κ1) is 16.3. The molecule has 0 amide bonds. The van der Waals surface area contributed by atoms with Gasteiger partial charge in [-0.15, -0.1) is 0 Å². The van der Waals surface area contributed by atoms with E-state index in [-0.39, 0.29) is 4.90 Å². The zero-order chi connectivity index (χ0) is 17.7. The quantitative estimate of drug-likeness (QED) is 0.912. The first-order valence-corrected chi connectivity index (χ1v) is 9.81. The third-order valence-electron chi connectivity index (χ3n) is 5.24. The minimum absolute atomic E-state index is 0.139. The van der Waals surface area contributed by atoms with Crippen molar-refractivity contribution >= 4 is 21.2 Å². The van der Waals surface area contributed by atoms with Gasteiger partial charge >= 0.3 is 0 Å². The number of hydrogen-bond donors (Lipinski definition) is 1. The number of sulfonamides is 1. The van der Waals surface area contributed by atoms with Crippen LogP contribution in [0.3, 0.4) is 0 Å². The summed E-state index contributed by atoms with van der Waals surface area (Å²) in [5.41, 5.74) is 4.91. The highest BCUT2D eigenvalue weighted by Gasteiger charge is 2.48. The van der Waals surface area contributed by atoms with E-state index in [9.17, 15) is 8.42 Å². The third-order valence-corrected chi connectivity index (χ3v) is 6.17. The molecule has 2 aliphatic carbocycles. The van der Waals surface area contributed by atoms with E-state index < -0.39 is 10.0 Å². The molecule has 2 N–H and O–H groups in total. The number of allylic oxidation sites excluding steroid dienone is 2. The van der Waals surface area contributed by atoms with Crippen LogP contribution >= 0.6 is 0 Å². The largest absolute Gasteiger partial charge is 0.495 e. The van der Waals surface area contributed by atoms with Gasteiger partial charge in [0.05, 0.1) is 23.9 Å². The maximum Gasteiger partial charge on any atom is 0.238 e. The van der Waals surface area contributed by atoms with Crippen molar-refractivity contribution in [2.24, 2.45) is 10.6 Å². The fourth-order valence-electron chi connectivity index (χ4n) is 3.60. The molecule has 2 aliphatic rings. The van der Waals surface area contributed by atoms with Crippen molar-refractivity contribution in [1.29, 1.82) is 0 Å². The molecule has 1 spiro atoms. The van der Waals surface area contributed by atoms with Crippen LogP contribution in [-0.4, -0.2) is 20.5 Å². The van der Waals surface area contributed by atoms with Gasteiger partial charge in [-0.05, 0) is 72.1 Å². The molecule has 6 heteroatoms. The standard InChI is InChI=1S/C19H20N2O3S/c1-24-14-4-7-18(21-12-14)17-11-19(8-9-19)10-16(17)13-2-5-15(6-3-13)25(20,22)23/h2-7,12H,8-11H2,1H3,(H2,20,22,23). The SMILES string of the molecule is COc1ccc(C2=C(c3ccc(S(N)(=O)=O)cc3)CC3(CC3)C2)nc1. The topological polar surface area (TPSA) is 82.3 Å². The molecule has 4 rings (SSSR count). The summed E-state index contributed by atoms with van der Waals surface area (Å²) in [6.45, 7) is 0. The molecule has 1 fully saturated rings. The van der Waals surface area contributed by atoms with Gasteiger partial charge in [-0.1, -0.05) is 12.1 Å². The molecular formula is C19H20N2O3S. The number of methoxy groups -OCH3 is 1. The molecular weight excluding hydrogens is 336 g/mol. The van der Waals surface area contributed by atoms with Crippen LogP contribution in [0.2, 0.25) is 0 Å². The number of rotatable bonds is 4. The molecule has 0 atom stereocenters. The fraction of sp³-hybridized carbons (Fsp3) is 0.316. The molecule has 1 saturated carbocycles. The summed E-state index contributed by atoms with van der Waals surface area (Å²) in [6.07, 6.45) is 6.27. The third kappa shape index (κ3) is 3.07. The summed E-state index contributed by atoms with van der Waals surface area (Å²) in [7, 11) is -2.04. The van der Waals surface area contributed by atoms with Gasteiger partial charge in [-0.25, -0.2) is 13.6 Å². The lowest BCUT2D eigenvalue weighted by Gasteiger charge is -2.09. The van der Waals surface area contributed by atoms with Crippen LogP contribution in [-0.2, 0) is 10.0 Å². The highest BCUT2D eigenvalue weighted by atomic mass is 32.2. The first-order chi connectivity index (χ1) is 11.9. The van der Waals surface area contributed by atoms with Gasteiger partial charge < -0.3 is 4.74 Å². The van der Waals surface area contributed by atoms with E-state index in [4.69, 9.17) is 9.88 Å². The number of primary sulfonamides is 1. The van der Waals surface area contributed by atoms with Crippen molar-refractivity contribution in [3.8, 4) is 5.75 Å². The highest BCUT2D eigenvalue weighted by Crippen LogP contribution is 2.63. The average Bonchev–Trinajstić information content (AvgIpc) is 3.25. The Morgan fingerprint density at radius 2 is 1.72 bits per heavy atom. The lowest BCUT2D eigenvalue weighted by Crippen LogP contribution is -2.11. The number of pyridine rings is 1. The Kier molecular flexibility index (Phi) is 3.70. The lowest BCUT2D eigenvalue weighted by atomic mass is 9.99. The van der Waals surface area contributed by atoms with E-state index >= 15 is 0 Å². The first-order valence-electron chi connectivity index (χ1n) is 8.26. The van der Waals surface area contributed by atoms with Crippen LogP contribution in [0.5, 0.6) is 5.75 Å². The van der Waals surface area contributed by atoms with Crippen molar-refractivity contribution < 1.29 is 13.2 Å². The molecule has 25 heavy (non-hydrogen) atoms. The number of benzene rings is 1. The molecule has 0 radical (unpaired) electrons. The molecule has 0 aliphatic heterocycles. The Labute approximate surface area is 147 Å². The second-order valence-electron chi connectivity index (χ2n) is 6.96. The number of nitrogens with zero attached hydrogens (tertiary/aromatic N) is 1. The van der Waals surface area contributed by atoms with E-state index in [0.717, 1.165) is 29.8 Å². The summed E-state index contributed by atoms with van der Waals surface area (Å²) in [5, 5.41) is 5.20. The second kappa shape index (κ2) is 5.68. The lowest BCUT2D eigenvalue weighted by molar-refractivity contribution is 0.413. The summed E-state index contributed by atoms with van der Waals surface area (Å²) < 4.78 is 28.1. The molecule has 0 saturated heterocycles. The van der Waals surface area contributed by atoms with Crippen LogP contribution in [0, 0.1) is 5.41 Å². The van der Waals surface area contributed by atoms with Crippen LogP contribution in [0.4, 0.5) is 0 Å². The van der Waals surface area contributed by atoms with Gasteiger partial charge in [0.1, 0.15) is 5.75 Å². The zero-order valence-electron chi connectivity index (χ0n) is 14.0. The number of hydrogen-bond acceptors (Lipinski definition) is 4. The van der Waals surface area contributed by atoms with Crippen LogP contribution < -0.4 is 9.88 Å². The minimum atomic E-state index is -3.67. The van der Waals surface area contributed by atoms with Gasteiger partial charge in [-0.2, -0.15) is 0 Å². The number of nitrogens with two attached hydrogens (primary N) is 1. The second-order valence-corrected chi connectivity index (χ2v) is 8.52. The number of ether oxygens (including phenoxy) is 1. The van der Waals surface area contributed by atoms with E-state index in [1.54, 1.807) is 25.4 Å². The maximum atomic E-state index is 11.5. The van der Waals surface area contributed by atoms with Crippen LogP contribution in [0.25, 0.3) is 11.1 Å². The molecule has 1 aromatic heterocycles. The smallest absolute Gasteiger partial charge is 0.238 e. The minimum Gasteiger partial charge on any atom is -0.495 e. The Balaban J connectivity index is 1.75. The molecule has 130 valence electrons. The van der Waals surface area contributed by atoms with Crippen molar-refractivity contribution in [3.63, 3.8) is 0 Å². The van der Waals surface area contributed by atoms with Crippen LogP contribution in [0.15, 0.2) is 47.5 Å². The monoisotopic (exact) mass is 356 g/mol. The Bertz CT molecular complexity index is 941. The Morgan fingerprint density at radius 1 is 1.04 bits per heavy atom. The maximum absolute atomic E-state index is 11.5. The average molecular weight is 356 g/mol.